The van der Waals surface area contributed by atoms with Gasteiger partial charge in [-0.2, -0.15) is 0 Å². The molecule has 0 aliphatic carbocycles. The first kappa shape index (κ1) is 23.2. The highest BCUT2D eigenvalue weighted by molar-refractivity contribution is 6.30. The Kier molecular flexibility index (Phi) is 7.44. The third-order valence-corrected chi connectivity index (χ3v) is 5.34. The number of nitro benzene ring substituents is 2. The van der Waals surface area contributed by atoms with Gasteiger partial charge in [0, 0.05) is 62.6 Å². The summed E-state index contributed by atoms with van der Waals surface area (Å²) in [5, 5.41) is 26.0. The summed E-state index contributed by atoms with van der Waals surface area (Å²) in [5.41, 5.74) is 0.670. The summed E-state index contributed by atoms with van der Waals surface area (Å²) in [4.78, 5) is 38.1. The van der Waals surface area contributed by atoms with E-state index in [1.807, 2.05) is 4.90 Å². The maximum atomic E-state index is 12.9. The lowest BCUT2D eigenvalue weighted by Gasteiger charge is -2.35. The number of anilines is 2. The minimum atomic E-state index is -0.538. The predicted octanol–water partition coefficient (Wildman–Crippen LogP) is 3.18. The summed E-state index contributed by atoms with van der Waals surface area (Å²) < 4.78 is 4.93. The lowest BCUT2D eigenvalue weighted by atomic mass is 10.1. The molecule has 1 saturated heterocycles. The van der Waals surface area contributed by atoms with Gasteiger partial charge in [0.15, 0.2) is 0 Å². The predicted molar refractivity (Wildman–Crippen MR) is 120 cm³/mol. The van der Waals surface area contributed by atoms with E-state index in [4.69, 9.17) is 16.3 Å². The molecule has 11 nitrogen and oxygen atoms in total. The topological polar surface area (TPSA) is 131 Å². The fraction of sp³-hybridized carbons (Fsp3) is 0.350. The molecule has 1 N–H and O–H groups in total. The number of rotatable bonds is 8. The Morgan fingerprint density at radius 2 is 1.75 bits per heavy atom. The van der Waals surface area contributed by atoms with E-state index in [0.717, 1.165) is 0 Å². The Labute approximate surface area is 188 Å². The van der Waals surface area contributed by atoms with E-state index in [2.05, 4.69) is 5.32 Å². The molecule has 1 fully saturated rings. The van der Waals surface area contributed by atoms with Gasteiger partial charge in [0.1, 0.15) is 11.4 Å². The summed E-state index contributed by atoms with van der Waals surface area (Å²) in [5.74, 6) is -0.332. The molecule has 0 bridgehead atoms. The molecule has 0 unspecified atom stereocenters. The maximum absolute atomic E-state index is 12.9. The van der Waals surface area contributed by atoms with E-state index in [-0.39, 0.29) is 27.9 Å². The number of nitro groups is 2. The van der Waals surface area contributed by atoms with Crippen molar-refractivity contribution < 1.29 is 19.4 Å². The van der Waals surface area contributed by atoms with Crippen LogP contribution in [0.5, 0.6) is 0 Å². The Morgan fingerprint density at radius 1 is 1.06 bits per heavy atom. The molecule has 0 spiro atoms. The molecule has 3 rings (SSSR count). The standard InChI is InChI=1S/C20H22ClN5O6/c1-32-11-6-22-16-4-2-14(12-18(16)25(28)29)20(27)24-9-7-23(8-10-24)17-5-3-15(21)13-19(17)26(30)31/h2-5,12-13,22H,6-11H2,1H3. The lowest BCUT2D eigenvalue weighted by molar-refractivity contribution is -0.384. The number of nitrogens with zero attached hydrogens (tertiary/aromatic N) is 4. The Balaban J connectivity index is 1.71. The molecule has 1 aliphatic heterocycles. The second kappa shape index (κ2) is 10.2. The number of hydrogen-bond acceptors (Lipinski definition) is 8. The first-order valence-corrected chi connectivity index (χ1v) is 10.2. The lowest BCUT2D eigenvalue weighted by Crippen LogP contribution is -2.49. The largest absolute Gasteiger partial charge is 0.383 e. The van der Waals surface area contributed by atoms with Crippen LogP contribution in [0.4, 0.5) is 22.7 Å². The average molecular weight is 464 g/mol. The molecule has 0 saturated carbocycles. The fourth-order valence-electron chi connectivity index (χ4n) is 3.50. The first-order valence-electron chi connectivity index (χ1n) is 9.81. The number of ether oxygens (including phenoxy) is 1. The van der Waals surface area contributed by atoms with Crippen LogP contribution in [0, 0.1) is 20.2 Å². The number of amides is 1. The van der Waals surface area contributed by atoms with E-state index < -0.39 is 9.85 Å². The van der Waals surface area contributed by atoms with Crippen molar-refractivity contribution in [3.8, 4) is 0 Å². The van der Waals surface area contributed by atoms with Crippen LogP contribution in [0.25, 0.3) is 0 Å². The molecular weight excluding hydrogens is 442 g/mol. The van der Waals surface area contributed by atoms with Crippen molar-refractivity contribution >= 4 is 40.3 Å². The number of hydrogen-bond donors (Lipinski definition) is 1. The zero-order chi connectivity index (χ0) is 23.3. The van der Waals surface area contributed by atoms with E-state index in [9.17, 15) is 25.0 Å². The van der Waals surface area contributed by atoms with Crippen LogP contribution in [0.15, 0.2) is 36.4 Å². The summed E-state index contributed by atoms with van der Waals surface area (Å²) in [6, 6.07) is 8.79. The van der Waals surface area contributed by atoms with Gasteiger partial charge in [0.2, 0.25) is 0 Å². The molecule has 2 aromatic rings. The second-order valence-corrected chi connectivity index (χ2v) is 7.51. The zero-order valence-corrected chi connectivity index (χ0v) is 18.1. The molecule has 0 atom stereocenters. The van der Waals surface area contributed by atoms with Gasteiger partial charge in [-0.05, 0) is 24.3 Å². The highest BCUT2D eigenvalue weighted by atomic mass is 35.5. The number of nitrogens with one attached hydrogen (secondary N) is 1. The van der Waals surface area contributed by atoms with E-state index in [1.54, 1.807) is 23.1 Å². The van der Waals surface area contributed by atoms with Crippen molar-refractivity contribution in [2.75, 3.05) is 56.7 Å². The van der Waals surface area contributed by atoms with Crippen LogP contribution >= 0.6 is 11.6 Å². The smallest absolute Gasteiger partial charge is 0.294 e. The maximum Gasteiger partial charge on any atom is 0.294 e. The van der Waals surface area contributed by atoms with Crippen LogP contribution in [0.1, 0.15) is 10.4 Å². The number of benzene rings is 2. The molecule has 0 aromatic heterocycles. The third-order valence-electron chi connectivity index (χ3n) is 5.10. The van der Waals surface area contributed by atoms with Crippen molar-refractivity contribution in [2.24, 2.45) is 0 Å². The zero-order valence-electron chi connectivity index (χ0n) is 17.3. The van der Waals surface area contributed by atoms with Crippen LogP contribution in [-0.4, -0.2) is 67.1 Å². The highest BCUT2D eigenvalue weighted by Gasteiger charge is 2.27. The number of halogens is 1. The minimum Gasteiger partial charge on any atom is -0.383 e. The minimum absolute atomic E-state index is 0.0931. The molecule has 170 valence electrons. The third kappa shape index (κ3) is 5.24. The molecule has 1 heterocycles. The number of piperazine rings is 1. The Hall–Kier alpha value is -3.44. The number of carbonyl (C=O) groups excluding carboxylic acids is 1. The van der Waals surface area contributed by atoms with E-state index in [1.165, 1.54) is 25.3 Å². The van der Waals surface area contributed by atoms with Gasteiger partial charge in [-0.1, -0.05) is 11.6 Å². The Bertz CT molecular complexity index is 1030. The van der Waals surface area contributed by atoms with Gasteiger partial charge in [-0.15, -0.1) is 0 Å². The summed E-state index contributed by atoms with van der Waals surface area (Å²) in [6.07, 6.45) is 0. The average Bonchev–Trinajstić information content (AvgIpc) is 2.79. The highest BCUT2D eigenvalue weighted by Crippen LogP contribution is 2.32. The van der Waals surface area contributed by atoms with Crippen LogP contribution in [-0.2, 0) is 4.74 Å². The monoisotopic (exact) mass is 463 g/mol. The van der Waals surface area contributed by atoms with Gasteiger partial charge in [0.25, 0.3) is 17.3 Å². The molecule has 1 amide bonds. The molecule has 32 heavy (non-hydrogen) atoms. The van der Waals surface area contributed by atoms with Crippen molar-refractivity contribution in [3.63, 3.8) is 0 Å². The van der Waals surface area contributed by atoms with Crippen molar-refractivity contribution in [3.05, 3.63) is 67.2 Å². The summed E-state index contributed by atoms with van der Waals surface area (Å²) in [6.45, 7) is 2.18. The van der Waals surface area contributed by atoms with Gasteiger partial charge >= 0.3 is 0 Å². The van der Waals surface area contributed by atoms with Gasteiger partial charge in [-0.3, -0.25) is 25.0 Å². The van der Waals surface area contributed by atoms with Gasteiger partial charge in [-0.25, -0.2) is 0 Å². The van der Waals surface area contributed by atoms with E-state index >= 15 is 0 Å². The molecule has 0 radical (unpaired) electrons. The van der Waals surface area contributed by atoms with Crippen LogP contribution < -0.4 is 10.2 Å². The molecule has 1 aliphatic rings. The van der Waals surface area contributed by atoms with Crippen LogP contribution in [0.3, 0.4) is 0 Å². The van der Waals surface area contributed by atoms with Gasteiger partial charge in [0.05, 0.1) is 16.5 Å². The summed E-state index contributed by atoms with van der Waals surface area (Å²) >= 11 is 5.88. The van der Waals surface area contributed by atoms with Gasteiger partial charge < -0.3 is 19.9 Å². The van der Waals surface area contributed by atoms with Crippen molar-refractivity contribution in [1.82, 2.24) is 4.90 Å². The number of carbonyl (C=O) groups is 1. The quantitative estimate of drug-likeness (QED) is 0.358. The molecular formula is C20H22ClN5O6. The summed E-state index contributed by atoms with van der Waals surface area (Å²) in [7, 11) is 1.53. The van der Waals surface area contributed by atoms with Crippen molar-refractivity contribution in [1.29, 1.82) is 0 Å². The van der Waals surface area contributed by atoms with Crippen LogP contribution in [0.2, 0.25) is 5.02 Å². The fourth-order valence-corrected chi connectivity index (χ4v) is 3.66. The van der Waals surface area contributed by atoms with E-state index in [0.29, 0.717) is 50.7 Å². The first-order chi connectivity index (χ1) is 15.3. The second-order valence-electron chi connectivity index (χ2n) is 7.08. The van der Waals surface area contributed by atoms with Crippen molar-refractivity contribution in [2.45, 2.75) is 0 Å². The normalized spacial score (nSPS) is 13.7. The molecule has 2 aromatic carbocycles. The SMILES string of the molecule is COCCNc1ccc(C(=O)N2CCN(c3ccc(Cl)cc3[N+](=O)[O-])CC2)cc1[N+](=O)[O-]. The number of methoxy groups -OCH3 is 1. The molecule has 12 heteroatoms. The Morgan fingerprint density at radius 3 is 2.38 bits per heavy atom.